The van der Waals surface area contributed by atoms with E-state index in [2.05, 4.69) is 24.1 Å². The summed E-state index contributed by atoms with van der Waals surface area (Å²) in [5.41, 5.74) is -0.108. The SMILES string of the molecule is CN(CC(C)(C)CN1CCOCC1)C(=O)NC(C(F)F)C1CC1. The third-order valence-electron chi connectivity index (χ3n) is 4.46. The van der Waals surface area contributed by atoms with Crippen LogP contribution in [0.2, 0.25) is 0 Å². The summed E-state index contributed by atoms with van der Waals surface area (Å²) in [6.45, 7) is 8.85. The van der Waals surface area contributed by atoms with Crippen LogP contribution in [-0.4, -0.2) is 74.7 Å². The van der Waals surface area contributed by atoms with Crippen LogP contribution in [0.4, 0.5) is 13.6 Å². The fraction of sp³-hybridized carbons (Fsp3) is 0.938. The molecule has 0 aromatic rings. The Hall–Kier alpha value is -0.950. The molecule has 1 aliphatic heterocycles. The zero-order valence-electron chi connectivity index (χ0n) is 14.4. The van der Waals surface area contributed by atoms with Gasteiger partial charge in [0.05, 0.1) is 19.3 Å². The molecule has 1 atom stereocenters. The van der Waals surface area contributed by atoms with Gasteiger partial charge in [0.25, 0.3) is 6.43 Å². The van der Waals surface area contributed by atoms with Crippen molar-refractivity contribution in [3.8, 4) is 0 Å². The highest BCUT2D eigenvalue weighted by molar-refractivity contribution is 5.74. The molecular weight excluding hydrogens is 304 g/mol. The molecule has 2 rings (SSSR count). The number of hydrogen-bond acceptors (Lipinski definition) is 3. The molecule has 1 aliphatic carbocycles. The van der Waals surface area contributed by atoms with Gasteiger partial charge in [-0.25, -0.2) is 13.6 Å². The molecule has 5 nitrogen and oxygen atoms in total. The number of morpholine rings is 1. The summed E-state index contributed by atoms with van der Waals surface area (Å²) in [6, 6.07) is -1.41. The van der Waals surface area contributed by atoms with Crippen molar-refractivity contribution in [1.82, 2.24) is 15.1 Å². The number of hydrogen-bond donors (Lipinski definition) is 1. The van der Waals surface area contributed by atoms with Crippen LogP contribution in [-0.2, 0) is 4.74 Å². The van der Waals surface area contributed by atoms with Crippen molar-refractivity contribution in [2.45, 2.75) is 39.2 Å². The Bertz CT molecular complexity index is 395. The third-order valence-corrected chi connectivity index (χ3v) is 4.46. The van der Waals surface area contributed by atoms with Crippen LogP contribution in [0.15, 0.2) is 0 Å². The highest BCUT2D eigenvalue weighted by Crippen LogP contribution is 2.35. The van der Waals surface area contributed by atoms with E-state index in [1.165, 1.54) is 4.90 Å². The maximum Gasteiger partial charge on any atom is 0.317 e. The van der Waals surface area contributed by atoms with E-state index in [-0.39, 0.29) is 11.3 Å². The Morgan fingerprint density at radius 1 is 1.35 bits per heavy atom. The van der Waals surface area contributed by atoms with Crippen molar-refractivity contribution in [3.05, 3.63) is 0 Å². The molecule has 0 aromatic heterocycles. The lowest BCUT2D eigenvalue weighted by Gasteiger charge is -2.37. The molecule has 0 radical (unpaired) electrons. The first-order chi connectivity index (χ1) is 10.8. The molecule has 23 heavy (non-hydrogen) atoms. The molecule has 0 spiro atoms. The number of nitrogens with zero attached hydrogens (tertiary/aromatic N) is 2. The van der Waals surface area contributed by atoms with Gasteiger partial charge in [-0.3, -0.25) is 4.90 Å². The second-order valence-electron chi connectivity index (χ2n) is 7.56. The van der Waals surface area contributed by atoms with E-state index in [1.807, 2.05) is 0 Å². The average Bonchev–Trinajstić information content (AvgIpc) is 3.28. The molecule has 1 heterocycles. The predicted octanol–water partition coefficient (Wildman–Crippen LogP) is 2.03. The number of urea groups is 1. The smallest absolute Gasteiger partial charge is 0.317 e. The van der Waals surface area contributed by atoms with Gasteiger partial charge in [-0.15, -0.1) is 0 Å². The van der Waals surface area contributed by atoms with E-state index in [0.717, 1.165) is 45.7 Å². The second kappa shape index (κ2) is 7.75. The van der Waals surface area contributed by atoms with Gasteiger partial charge in [-0.2, -0.15) is 0 Å². The fourth-order valence-corrected chi connectivity index (χ4v) is 3.22. The molecule has 0 aromatic carbocycles. The lowest BCUT2D eigenvalue weighted by atomic mass is 9.92. The van der Waals surface area contributed by atoms with Gasteiger partial charge in [0.15, 0.2) is 0 Å². The van der Waals surface area contributed by atoms with Crippen LogP contribution in [0.1, 0.15) is 26.7 Å². The van der Waals surface area contributed by atoms with Gasteiger partial charge in [-0.1, -0.05) is 13.8 Å². The monoisotopic (exact) mass is 333 g/mol. The Morgan fingerprint density at radius 2 is 1.96 bits per heavy atom. The van der Waals surface area contributed by atoms with E-state index in [9.17, 15) is 13.6 Å². The summed E-state index contributed by atoms with van der Waals surface area (Å²) < 4.78 is 31.4. The third kappa shape index (κ3) is 5.88. The van der Waals surface area contributed by atoms with Gasteiger partial charge < -0.3 is 15.0 Å². The van der Waals surface area contributed by atoms with Crippen molar-refractivity contribution in [2.75, 3.05) is 46.4 Å². The highest BCUT2D eigenvalue weighted by atomic mass is 19.3. The number of carbonyl (C=O) groups excluding carboxylic acids is 1. The molecule has 2 amide bonds. The molecule has 2 aliphatic rings. The summed E-state index contributed by atoms with van der Waals surface area (Å²) in [5, 5.41) is 2.51. The van der Waals surface area contributed by atoms with Crippen LogP contribution in [0.25, 0.3) is 0 Å². The molecule has 1 saturated heterocycles. The summed E-state index contributed by atoms with van der Waals surface area (Å²) in [4.78, 5) is 16.1. The number of nitrogens with one attached hydrogen (secondary N) is 1. The minimum atomic E-state index is -2.50. The molecule has 1 saturated carbocycles. The molecule has 0 bridgehead atoms. The zero-order valence-corrected chi connectivity index (χ0v) is 14.4. The van der Waals surface area contributed by atoms with E-state index in [1.54, 1.807) is 7.05 Å². The summed E-state index contributed by atoms with van der Waals surface area (Å²) in [7, 11) is 1.67. The highest BCUT2D eigenvalue weighted by Gasteiger charge is 2.39. The minimum Gasteiger partial charge on any atom is -0.379 e. The summed E-state index contributed by atoms with van der Waals surface area (Å²) in [5.74, 6) is -0.0614. The maximum absolute atomic E-state index is 13.0. The second-order valence-corrected chi connectivity index (χ2v) is 7.56. The Balaban J connectivity index is 1.81. The minimum absolute atomic E-state index is 0.0614. The molecule has 1 unspecified atom stereocenters. The van der Waals surface area contributed by atoms with Crippen LogP contribution >= 0.6 is 0 Å². The van der Waals surface area contributed by atoms with Gasteiger partial charge in [0, 0.05) is 33.2 Å². The van der Waals surface area contributed by atoms with Crippen molar-refractivity contribution in [3.63, 3.8) is 0 Å². The lowest BCUT2D eigenvalue weighted by molar-refractivity contribution is 0.0176. The van der Waals surface area contributed by atoms with Crippen LogP contribution in [0, 0.1) is 11.3 Å². The quantitative estimate of drug-likeness (QED) is 0.775. The molecule has 1 N–H and O–H groups in total. The number of carbonyl (C=O) groups is 1. The van der Waals surface area contributed by atoms with Gasteiger partial charge >= 0.3 is 6.03 Å². The Kier molecular flexibility index (Phi) is 6.19. The zero-order chi connectivity index (χ0) is 17.0. The van der Waals surface area contributed by atoms with Crippen LogP contribution in [0.3, 0.4) is 0 Å². The average molecular weight is 333 g/mol. The Morgan fingerprint density at radius 3 is 2.48 bits per heavy atom. The fourth-order valence-electron chi connectivity index (χ4n) is 3.22. The largest absolute Gasteiger partial charge is 0.379 e. The van der Waals surface area contributed by atoms with Crippen molar-refractivity contribution in [1.29, 1.82) is 0 Å². The lowest BCUT2D eigenvalue weighted by Crippen LogP contribution is -2.51. The topological polar surface area (TPSA) is 44.8 Å². The van der Waals surface area contributed by atoms with Crippen molar-refractivity contribution in [2.24, 2.45) is 11.3 Å². The van der Waals surface area contributed by atoms with Crippen molar-refractivity contribution < 1.29 is 18.3 Å². The number of amides is 2. The van der Waals surface area contributed by atoms with Gasteiger partial charge in [0.1, 0.15) is 0 Å². The van der Waals surface area contributed by atoms with E-state index < -0.39 is 18.5 Å². The van der Waals surface area contributed by atoms with E-state index in [4.69, 9.17) is 4.74 Å². The van der Waals surface area contributed by atoms with Crippen molar-refractivity contribution >= 4 is 6.03 Å². The van der Waals surface area contributed by atoms with Gasteiger partial charge in [-0.05, 0) is 24.2 Å². The number of rotatable bonds is 7. The number of halogens is 2. The molecular formula is C16H29F2N3O2. The first-order valence-electron chi connectivity index (χ1n) is 8.38. The maximum atomic E-state index is 13.0. The summed E-state index contributed by atoms with van der Waals surface area (Å²) >= 11 is 0. The number of ether oxygens (including phenoxy) is 1. The normalized spacial score (nSPS) is 21.3. The van der Waals surface area contributed by atoms with Crippen LogP contribution < -0.4 is 5.32 Å². The summed E-state index contributed by atoms with van der Waals surface area (Å²) in [6.07, 6.45) is -0.940. The standard InChI is InChI=1S/C16H29F2N3O2/c1-16(2,11-21-6-8-23-9-7-21)10-20(3)15(22)19-13(14(17)18)12-4-5-12/h12-14H,4-11H2,1-3H3,(H,19,22). The van der Waals surface area contributed by atoms with Gasteiger partial charge in [0.2, 0.25) is 0 Å². The Labute approximate surface area is 137 Å². The number of alkyl halides is 2. The first kappa shape index (κ1) is 18.4. The van der Waals surface area contributed by atoms with E-state index >= 15 is 0 Å². The first-order valence-corrected chi connectivity index (χ1v) is 8.38. The van der Waals surface area contributed by atoms with E-state index in [0.29, 0.717) is 6.54 Å². The molecule has 2 fully saturated rings. The molecule has 7 heteroatoms. The predicted molar refractivity (Wildman–Crippen MR) is 84.7 cm³/mol. The van der Waals surface area contributed by atoms with Crippen LogP contribution in [0.5, 0.6) is 0 Å². The molecule has 134 valence electrons.